The van der Waals surface area contributed by atoms with E-state index < -0.39 is 0 Å². The van der Waals surface area contributed by atoms with E-state index in [2.05, 4.69) is 76.2 Å². The maximum atomic E-state index is 11.5. The van der Waals surface area contributed by atoms with E-state index >= 15 is 0 Å². The second-order valence-corrected chi connectivity index (χ2v) is 7.51. The lowest BCUT2D eigenvalue weighted by molar-refractivity contribution is -0.119. The van der Waals surface area contributed by atoms with E-state index in [0.717, 1.165) is 26.1 Å². The van der Waals surface area contributed by atoms with Gasteiger partial charge in [0, 0.05) is 50.6 Å². The highest BCUT2D eigenvalue weighted by molar-refractivity contribution is 5.85. The summed E-state index contributed by atoms with van der Waals surface area (Å²) in [4.78, 5) is 14.1. The van der Waals surface area contributed by atoms with Crippen LogP contribution >= 0.6 is 24.8 Å². The van der Waals surface area contributed by atoms with Gasteiger partial charge in [-0.3, -0.25) is 9.69 Å². The van der Waals surface area contributed by atoms with Gasteiger partial charge in [0.1, 0.15) is 0 Å². The van der Waals surface area contributed by atoms with E-state index in [1.54, 1.807) is 6.92 Å². The summed E-state index contributed by atoms with van der Waals surface area (Å²) < 4.78 is 0. The van der Waals surface area contributed by atoms with Crippen LogP contribution in [0.15, 0.2) is 60.7 Å². The van der Waals surface area contributed by atoms with Crippen molar-refractivity contribution < 1.29 is 4.79 Å². The summed E-state index contributed by atoms with van der Waals surface area (Å²) in [6.45, 7) is 4.52. The minimum Gasteiger partial charge on any atom is -0.352 e. The maximum absolute atomic E-state index is 11.5. The number of hydrogen-bond acceptors (Lipinski definition) is 3. The predicted molar refractivity (Wildman–Crippen MR) is 119 cm³/mol. The SMILES string of the molecule is CC(=O)N[C@@H]1C[C@H]2CNC[C@@H](C(c3ccccc3)c3ccccc3)N2C1.Cl.Cl. The molecule has 4 nitrogen and oxygen atoms in total. The quantitative estimate of drug-likeness (QED) is 0.796. The van der Waals surface area contributed by atoms with Crippen LogP contribution in [-0.2, 0) is 4.79 Å². The molecule has 0 bridgehead atoms. The van der Waals surface area contributed by atoms with E-state index in [9.17, 15) is 4.79 Å². The molecule has 0 spiro atoms. The van der Waals surface area contributed by atoms with Gasteiger partial charge in [0.15, 0.2) is 0 Å². The van der Waals surface area contributed by atoms with Crippen LogP contribution in [0.4, 0.5) is 0 Å². The Morgan fingerprint density at radius 2 is 1.57 bits per heavy atom. The van der Waals surface area contributed by atoms with Crippen LogP contribution in [0, 0.1) is 0 Å². The van der Waals surface area contributed by atoms with Gasteiger partial charge in [-0.05, 0) is 17.5 Å². The van der Waals surface area contributed by atoms with Gasteiger partial charge in [-0.25, -0.2) is 0 Å². The van der Waals surface area contributed by atoms with E-state index in [1.807, 2.05) is 0 Å². The first-order valence-corrected chi connectivity index (χ1v) is 9.56. The third kappa shape index (κ3) is 4.87. The number of benzene rings is 2. The molecule has 2 saturated heterocycles. The molecule has 6 heteroatoms. The van der Waals surface area contributed by atoms with Gasteiger partial charge in [0.25, 0.3) is 0 Å². The molecular formula is C22H29Cl2N3O. The Bertz CT molecular complexity index is 704. The number of fused-ring (bicyclic) bond motifs is 1. The van der Waals surface area contributed by atoms with Gasteiger partial charge in [-0.1, -0.05) is 60.7 Å². The summed E-state index contributed by atoms with van der Waals surface area (Å²) in [6, 6.07) is 22.8. The van der Waals surface area contributed by atoms with Crippen LogP contribution in [0.5, 0.6) is 0 Å². The molecule has 0 aromatic heterocycles. The van der Waals surface area contributed by atoms with Gasteiger partial charge < -0.3 is 10.6 Å². The first-order valence-electron chi connectivity index (χ1n) is 9.56. The highest BCUT2D eigenvalue weighted by atomic mass is 35.5. The van der Waals surface area contributed by atoms with Crippen molar-refractivity contribution in [3.8, 4) is 0 Å². The largest absolute Gasteiger partial charge is 0.352 e. The molecule has 2 aliphatic rings. The number of carbonyl (C=O) groups is 1. The summed E-state index contributed by atoms with van der Waals surface area (Å²) in [5, 5.41) is 6.77. The number of halogens is 2. The molecule has 2 N–H and O–H groups in total. The molecule has 3 atom stereocenters. The lowest BCUT2D eigenvalue weighted by Gasteiger charge is -2.42. The van der Waals surface area contributed by atoms with E-state index in [0.29, 0.717) is 18.0 Å². The standard InChI is InChI=1S/C22H27N3O.2ClH/c1-16(26)24-19-12-20-13-23-14-21(25(20)15-19)22(17-8-4-2-5-9-17)18-10-6-3-7-11-18;;/h2-11,19-23H,12-15H2,1H3,(H,24,26);2*1H/t19-,20+,21+;;/m1../s1. The van der Waals surface area contributed by atoms with Crippen LogP contribution < -0.4 is 10.6 Å². The number of hydrogen-bond donors (Lipinski definition) is 2. The molecule has 152 valence electrons. The van der Waals surface area contributed by atoms with Gasteiger partial charge in [-0.15, -0.1) is 24.8 Å². The molecule has 0 aliphatic carbocycles. The van der Waals surface area contributed by atoms with Crippen molar-refractivity contribution in [2.75, 3.05) is 19.6 Å². The maximum Gasteiger partial charge on any atom is 0.217 e. The van der Waals surface area contributed by atoms with Crippen molar-refractivity contribution in [2.45, 2.75) is 37.4 Å². The average Bonchev–Trinajstić information content (AvgIpc) is 3.06. The van der Waals surface area contributed by atoms with Crippen molar-refractivity contribution >= 4 is 30.7 Å². The zero-order valence-corrected chi connectivity index (χ0v) is 17.7. The fourth-order valence-electron chi connectivity index (χ4n) is 4.72. The summed E-state index contributed by atoms with van der Waals surface area (Å²) in [7, 11) is 0. The molecule has 0 unspecified atom stereocenters. The fourth-order valence-corrected chi connectivity index (χ4v) is 4.72. The lowest BCUT2D eigenvalue weighted by Crippen LogP contribution is -2.57. The molecule has 28 heavy (non-hydrogen) atoms. The highest BCUT2D eigenvalue weighted by Gasteiger charge is 2.42. The zero-order chi connectivity index (χ0) is 17.9. The lowest BCUT2D eigenvalue weighted by atomic mass is 9.83. The summed E-state index contributed by atoms with van der Waals surface area (Å²) >= 11 is 0. The van der Waals surface area contributed by atoms with Crippen molar-refractivity contribution in [3.05, 3.63) is 71.8 Å². The van der Waals surface area contributed by atoms with Gasteiger partial charge in [0.05, 0.1) is 0 Å². The van der Waals surface area contributed by atoms with Gasteiger partial charge >= 0.3 is 0 Å². The number of carbonyl (C=O) groups excluding carboxylic acids is 1. The van der Waals surface area contributed by atoms with Crippen LogP contribution in [-0.4, -0.2) is 48.6 Å². The number of piperazine rings is 1. The fraction of sp³-hybridized carbons (Fsp3) is 0.409. The minimum absolute atomic E-state index is 0. The Morgan fingerprint density at radius 1 is 1.00 bits per heavy atom. The molecule has 2 aliphatic heterocycles. The number of amides is 1. The normalized spacial score (nSPS) is 24.0. The molecule has 2 heterocycles. The van der Waals surface area contributed by atoms with E-state index in [-0.39, 0.29) is 36.8 Å². The minimum atomic E-state index is 0. The predicted octanol–water partition coefficient (Wildman–Crippen LogP) is 3.21. The van der Waals surface area contributed by atoms with Crippen molar-refractivity contribution in [1.29, 1.82) is 0 Å². The van der Waals surface area contributed by atoms with Gasteiger partial charge in [-0.2, -0.15) is 0 Å². The van der Waals surface area contributed by atoms with E-state index in [1.165, 1.54) is 11.1 Å². The number of nitrogens with zero attached hydrogens (tertiary/aromatic N) is 1. The molecule has 1 amide bonds. The Labute approximate surface area is 179 Å². The third-order valence-electron chi connectivity index (χ3n) is 5.73. The van der Waals surface area contributed by atoms with Crippen LogP contribution in [0.25, 0.3) is 0 Å². The van der Waals surface area contributed by atoms with Crippen molar-refractivity contribution in [2.24, 2.45) is 0 Å². The van der Waals surface area contributed by atoms with Crippen LogP contribution in [0.1, 0.15) is 30.4 Å². The second-order valence-electron chi connectivity index (χ2n) is 7.51. The Morgan fingerprint density at radius 3 is 2.11 bits per heavy atom. The summed E-state index contributed by atoms with van der Waals surface area (Å²) in [5.41, 5.74) is 2.71. The molecule has 0 radical (unpaired) electrons. The smallest absolute Gasteiger partial charge is 0.217 e. The van der Waals surface area contributed by atoms with Crippen molar-refractivity contribution in [1.82, 2.24) is 15.5 Å². The average molecular weight is 422 g/mol. The van der Waals surface area contributed by atoms with Gasteiger partial charge in [0.2, 0.25) is 5.91 Å². The molecule has 4 rings (SSSR count). The molecule has 2 aromatic rings. The first kappa shape index (κ1) is 22.7. The highest BCUT2D eigenvalue weighted by Crippen LogP contribution is 2.35. The Kier molecular flexibility index (Phi) is 8.32. The second kappa shape index (κ2) is 10.3. The molecule has 2 fully saturated rings. The van der Waals surface area contributed by atoms with Crippen LogP contribution in [0.2, 0.25) is 0 Å². The van der Waals surface area contributed by atoms with Crippen molar-refractivity contribution in [3.63, 3.8) is 0 Å². The molecule has 0 saturated carbocycles. The van der Waals surface area contributed by atoms with E-state index in [4.69, 9.17) is 0 Å². The van der Waals surface area contributed by atoms with Crippen LogP contribution in [0.3, 0.4) is 0 Å². The number of nitrogens with one attached hydrogen (secondary N) is 2. The summed E-state index contributed by atoms with van der Waals surface area (Å²) in [6.07, 6.45) is 1.03. The monoisotopic (exact) mass is 421 g/mol. The zero-order valence-electron chi connectivity index (χ0n) is 16.1. The Balaban J connectivity index is 0.00000140. The molecule has 2 aromatic carbocycles. The topological polar surface area (TPSA) is 44.4 Å². The number of rotatable bonds is 4. The summed E-state index contributed by atoms with van der Waals surface area (Å²) in [5.74, 6) is 0.394. The Hall–Kier alpha value is -1.59. The first-order chi connectivity index (χ1) is 12.7. The third-order valence-corrected chi connectivity index (χ3v) is 5.73. The molecular weight excluding hydrogens is 393 g/mol.